The second-order valence-corrected chi connectivity index (χ2v) is 5.86. The van der Waals surface area contributed by atoms with Crippen LogP contribution in [0.1, 0.15) is 58.3 Å². The van der Waals surface area contributed by atoms with E-state index in [0.717, 1.165) is 18.4 Å². The van der Waals surface area contributed by atoms with E-state index in [4.69, 9.17) is 4.74 Å². The lowest BCUT2D eigenvalue weighted by molar-refractivity contribution is -0.0180. The number of ether oxygens (including phenoxy) is 1. The molecule has 2 aliphatic rings. The summed E-state index contributed by atoms with van der Waals surface area (Å²) in [5.41, 5.74) is 0. The van der Waals surface area contributed by atoms with E-state index in [0.29, 0.717) is 6.10 Å². The summed E-state index contributed by atoms with van der Waals surface area (Å²) in [6.07, 6.45) is 11.4. The van der Waals surface area contributed by atoms with Gasteiger partial charge in [0.05, 0.1) is 6.10 Å². The molecule has 1 saturated heterocycles. The summed E-state index contributed by atoms with van der Waals surface area (Å²) < 4.78 is 6.16. The number of hydrogen-bond acceptors (Lipinski definition) is 2. The Morgan fingerprint density at radius 2 is 2.00 bits per heavy atom. The molecule has 1 aliphatic heterocycles. The smallest absolute Gasteiger partial charge is 0.0603 e. The highest BCUT2D eigenvalue weighted by atomic mass is 16.5. The Morgan fingerprint density at radius 1 is 1.12 bits per heavy atom. The zero-order chi connectivity index (χ0) is 11.9. The Morgan fingerprint density at radius 3 is 2.76 bits per heavy atom. The van der Waals surface area contributed by atoms with Crippen molar-refractivity contribution in [2.24, 2.45) is 11.8 Å². The second kappa shape index (κ2) is 7.38. The van der Waals surface area contributed by atoms with Crippen molar-refractivity contribution < 1.29 is 4.74 Å². The normalized spacial score (nSPS) is 34.8. The minimum atomic E-state index is 0.574. The van der Waals surface area contributed by atoms with Gasteiger partial charge in [-0.3, -0.25) is 0 Å². The predicted molar refractivity (Wildman–Crippen MR) is 72.2 cm³/mol. The summed E-state index contributed by atoms with van der Waals surface area (Å²) in [7, 11) is 0. The maximum atomic E-state index is 6.16. The average Bonchev–Trinajstić information content (AvgIpc) is 2.40. The largest absolute Gasteiger partial charge is 0.378 e. The highest BCUT2D eigenvalue weighted by molar-refractivity contribution is 4.75. The van der Waals surface area contributed by atoms with Crippen LogP contribution in [0.2, 0.25) is 0 Å². The lowest BCUT2D eigenvalue weighted by Crippen LogP contribution is -2.32. The summed E-state index contributed by atoms with van der Waals surface area (Å²) in [6.45, 7) is 5.74. The zero-order valence-electron chi connectivity index (χ0n) is 11.4. The lowest BCUT2D eigenvalue weighted by atomic mass is 9.84. The minimum Gasteiger partial charge on any atom is -0.378 e. The topological polar surface area (TPSA) is 21.3 Å². The molecule has 0 aromatic heterocycles. The monoisotopic (exact) mass is 239 g/mol. The van der Waals surface area contributed by atoms with Gasteiger partial charge in [0.25, 0.3) is 0 Å². The predicted octanol–water partition coefficient (Wildman–Crippen LogP) is 3.36. The number of nitrogens with one attached hydrogen (secondary N) is 1. The molecule has 2 rings (SSSR count). The molecule has 0 amide bonds. The van der Waals surface area contributed by atoms with Crippen LogP contribution in [0.4, 0.5) is 0 Å². The molecule has 3 unspecified atom stereocenters. The maximum Gasteiger partial charge on any atom is 0.0603 e. The molecule has 2 nitrogen and oxygen atoms in total. The van der Waals surface area contributed by atoms with Gasteiger partial charge in [-0.2, -0.15) is 0 Å². The minimum absolute atomic E-state index is 0.574. The standard InChI is InChI=1S/C15H29NO/c1-2-14-7-3-4-8-15(14)17-11-9-13-6-5-10-16-12-13/h13-16H,2-12H2,1H3. The van der Waals surface area contributed by atoms with Crippen LogP contribution in [0.25, 0.3) is 0 Å². The molecule has 0 bridgehead atoms. The number of rotatable bonds is 5. The Kier molecular flexibility index (Phi) is 5.79. The fraction of sp³-hybridized carbons (Fsp3) is 1.00. The van der Waals surface area contributed by atoms with Crippen LogP contribution < -0.4 is 5.32 Å². The van der Waals surface area contributed by atoms with Crippen LogP contribution in [0.5, 0.6) is 0 Å². The van der Waals surface area contributed by atoms with Crippen LogP contribution in [-0.2, 0) is 4.74 Å². The maximum absolute atomic E-state index is 6.16. The van der Waals surface area contributed by atoms with Gasteiger partial charge >= 0.3 is 0 Å². The first kappa shape index (κ1) is 13.4. The van der Waals surface area contributed by atoms with E-state index in [1.165, 1.54) is 64.5 Å². The van der Waals surface area contributed by atoms with Gasteiger partial charge in [0.2, 0.25) is 0 Å². The Balaban J connectivity index is 1.62. The first-order valence-corrected chi connectivity index (χ1v) is 7.72. The van der Waals surface area contributed by atoms with Crippen molar-refractivity contribution >= 4 is 0 Å². The van der Waals surface area contributed by atoms with E-state index >= 15 is 0 Å². The van der Waals surface area contributed by atoms with Gasteiger partial charge in [-0.1, -0.05) is 26.2 Å². The summed E-state index contributed by atoms with van der Waals surface area (Å²) in [5, 5.41) is 3.49. The van der Waals surface area contributed by atoms with Gasteiger partial charge < -0.3 is 10.1 Å². The highest BCUT2D eigenvalue weighted by Gasteiger charge is 2.24. The second-order valence-electron chi connectivity index (χ2n) is 5.86. The quantitative estimate of drug-likeness (QED) is 0.794. The SMILES string of the molecule is CCC1CCCCC1OCCC1CCCNC1. The molecule has 2 fully saturated rings. The molecule has 17 heavy (non-hydrogen) atoms. The molecule has 1 heterocycles. The van der Waals surface area contributed by atoms with Crippen molar-refractivity contribution in [3.8, 4) is 0 Å². The van der Waals surface area contributed by atoms with Crippen molar-refractivity contribution in [3.63, 3.8) is 0 Å². The average molecular weight is 239 g/mol. The molecule has 1 aliphatic carbocycles. The Hall–Kier alpha value is -0.0800. The highest BCUT2D eigenvalue weighted by Crippen LogP contribution is 2.29. The van der Waals surface area contributed by atoms with Crippen LogP contribution in [-0.4, -0.2) is 25.8 Å². The molecule has 100 valence electrons. The van der Waals surface area contributed by atoms with E-state index in [-0.39, 0.29) is 0 Å². The Bertz CT molecular complexity index is 201. The van der Waals surface area contributed by atoms with Crippen molar-refractivity contribution in [1.82, 2.24) is 5.32 Å². The molecule has 0 spiro atoms. The molecule has 0 aromatic carbocycles. The van der Waals surface area contributed by atoms with Crippen LogP contribution >= 0.6 is 0 Å². The first-order chi connectivity index (χ1) is 8.40. The summed E-state index contributed by atoms with van der Waals surface area (Å²) >= 11 is 0. The molecule has 1 saturated carbocycles. The fourth-order valence-corrected chi connectivity index (χ4v) is 3.42. The van der Waals surface area contributed by atoms with Crippen LogP contribution in [0.3, 0.4) is 0 Å². The van der Waals surface area contributed by atoms with Gasteiger partial charge in [-0.25, -0.2) is 0 Å². The third-order valence-corrected chi connectivity index (χ3v) is 4.62. The van der Waals surface area contributed by atoms with Gasteiger partial charge in [-0.15, -0.1) is 0 Å². The molecule has 0 radical (unpaired) electrons. The third kappa shape index (κ3) is 4.26. The lowest BCUT2D eigenvalue weighted by Gasteiger charge is -2.31. The number of piperidine rings is 1. The molecule has 1 N–H and O–H groups in total. The first-order valence-electron chi connectivity index (χ1n) is 7.72. The summed E-state index contributed by atoms with van der Waals surface area (Å²) in [6, 6.07) is 0. The van der Waals surface area contributed by atoms with E-state index in [1.807, 2.05) is 0 Å². The molecule has 2 heteroatoms. The summed E-state index contributed by atoms with van der Waals surface area (Å²) in [5.74, 6) is 1.71. The van der Waals surface area contributed by atoms with Crippen molar-refractivity contribution in [3.05, 3.63) is 0 Å². The fourth-order valence-electron chi connectivity index (χ4n) is 3.42. The van der Waals surface area contributed by atoms with Crippen LogP contribution in [0, 0.1) is 11.8 Å². The third-order valence-electron chi connectivity index (χ3n) is 4.62. The van der Waals surface area contributed by atoms with Crippen LogP contribution in [0.15, 0.2) is 0 Å². The van der Waals surface area contributed by atoms with Gasteiger partial charge in [-0.05, 0) is 57.0 Å². The van der Waals surface area contributed by atoms with Crippen molar-refractivity contribution in [2.45, 2.75) is 64.4 Å². The summed E-state index contributed by atoms with van der Waals surface area (Å²) in [4.78, 5) is 0. The Labute approximate surface area is 107 Å². The molecule has 0 aromatic rings. The van der Waals surface area contributed by atoms with E-state index in [9.17, 15) is 0 Å². The molecule has 3 atom stereocenters. The number of hydrogen-bond donors (Lipinski definition) is 1. The van der Waals surface area contributed by atoms with Crippen molar-refractivity contribution in [1.29, 1.82) is 0 Å². The van der Waals surface area contributed by atoms with Gasteiger partial charge in [0.1, 0.15) is 0 Å². The van der Waals surface area contributed by atoms with E-state index in [1.54, 1.807) is 0 Å². The zero-order valence-corrected chi connectivity index (χ0v) is 11.4. The van der Waals surface area contributed by atoms with Gasteiger partial charge in [0, 0.05) is 6.61 Å². The van der Waals surface area contributed by atoms with E-state index in [2.05, 4.69) is 12.2 Å². The van der Waals surface area contributed by atoms with E-state index < -0.39 is 0 Å². The molecular formula is C15H29NO. The van der Waals surface area contributed by atoms with Gasteiger partial charge in [0.15, 0.2) is 0 Å². The molecular weight excluding hydrogens is 210 g/mol. The van der Waals surface area contributed by atoms with Crippen molar-refractivity contribution in [2.75, 3.05) is 19.7 Å².